The highest BCUT2D eigenvalue weighted by atomic mass is 16.1. The van der Waals surface area contributed by atoms with Gasteiger partial charge in [0.15, 0.2) is 11.3 Å². The van der Waals surface area contributed by atoms with Crippen molar-refractivity contribution < 1.29 is 0 Å². The summed E-state index contributed by atoms with van der Waals surface area (Å²) in [5.74, 6) is 0.762. The predicted octanol–water partition coefficient (Wildman–Crippen LogP) is 7.65. The standard InChI is InChI=1S/C20H14N2.C13H9NO/c1-3-9-15(10-4-1)19-17-13-7-8-14-18(17)21-20(22-19)16-11-5-2-6-12-16;15-13-9-5-1-3-7-11(9)14-12-8-4-2-6-10(12)13/h1-14H;1-8H,(H,14,15). The van der Waals surface area contributed by atoms with E-state index in [2.05, 4.69) is 23.2 Å². The zero-order chi connectivity index (χ0) is 25.0. The molecule has 0 radical (unpaired) electrons. The van der Waals surface area contributed by atoms with Crippen molar-refractivity contribution in [2.45, 2.75) is 0 Å². The van der Waals surface area contributed by atoms with Crippen LogP contribution >= 0.6 is 0 Å². The molecule has 7 aromatic rings. The van der Waals surface area contributed by atoms with Crippen LogP contribution in [0.4, 0.5) is 0 Å². The highest BCUT2D eigenvalue weighted by Gasteiger charge is 2.10. The number of H-pyrrole nitrogens is 1. The van der Waals surface area contributed by atoms with Gasteiger partial charge in [-0.3, -0.25) is 4.79 Å². The van der Waals surface area contributed by atoms with E-state index < -0.39 is 0 Å². The maximum atomic E-state index is 12.1. The van der Waals surface area contributed by atoms with Gasteiger partial charge in [0.1, 0.15) is 0 Å². The molecule has 5 aromatic carbocycles. The number of hydrogen-bond acceptors (Lipinski definition) is 3. The maximum absolute atomic E-state index is 12.1. The fourth-order valence-electron chi connectivity index (χ4n) is 4.48. The molecule has 4 nitrogen and oxygen atoms in total. The molecule has 0 bridgehead atoms. The molecule has 0 saturated carbocycles. The van der Waals surface area contributed by atoms with Gasteiger partial charge in [0, 0.05) is 38.3 Å². The van der Waals surface area contributed by atoms with Gasteiger partial charge in [-0.05, 0) is 30.3 Å². The van der Waals surface area contributed by atoms with Crippen LogP contribution in [0.3, 0.4) is 0 Å². The number of benzene rings is 5. The second-order valence-electron chi connectivity index (χ2n) is 8.69. The van der Waals surface area contributed by atoms with E-state index in [0.29, 0.717) is 0 Å². The summed E-state index contributed by atoms with van der Waals surface area (Å²) in [5, 5.41) is 2.57. The van der Waals surface area contributed by atoms with Crippen LogP contribution in [0.15, 0.2) is 138 Å². The monoisotopic (exact) mass is 477 g/mol. The van der Waals surface area contributed by atoms with Crippen molar-refractivity contribution >= 4 is 32.7 Å². The number of nitrogens with one attached hydrogen (secondary N) is 1. The normalized spacial score (nSPS) is 10.8. The van der Waals surface area contributed by atoms with Crippen LogP contribution < -0.4 is 5.43 Å². The van der Waals surface area contributed by atoms with E-state index in [1.54, 1.807) is 0 Å². The molecule has 0 atom stereocenters. The number of nitrogens with zero attached hydrogens (tertiary/aromatic N) is 2. The molecule has 0 saturated heterocycles. The first-order chi connectivity index (χ1) is 18.3. The second-order valence-corrected chi connectivity index (χ2v) is 8.69. The summed E-state index contributed by atoms with van der Waals surface area (Å²) < 4.78 is 0. The Morgan fingerprint density at radius 1 is 0.459 bits per heavy atom. The van der Waals surface area contributed by atoms with Gasteiger partial charge in [0.05, 0.1) is 11.2 Å². The summed E-state index contributed by atoms with van der Waals surface area (Å²) in [4.78, 5) is 24.9. The maximum Gasteiger partial charge on any atom is 0.197 e. The third-order valence-corrected chi connectivity index (χ3v) is 6.30. The van der Waals surface area contributed by atoms with Gasteiger partial charge >= 0.3 is 0 Å². The minimum atomic E-state index is 0.0972. The summed E-state index contributed by atoms with van der Waals surface area (Å²) >= 11 is 0. The molecule has 0 aliphatic rings. The Labute approximate surface area is 213 Å². The van der Waals surface area contributed by atoms with Crippen molar-refractivity contribution in [2.24, 2.45) is 0 Å². The molecule has 1 N–H and O–H groups in total. The van der Waals surface area contributed by atoms with Crippen molar-refractivity contribution in [2.75, 3.05) is 0 Å². The Hall–Kier alpha value is -5.09. The Morgan fingerprint density at radius 3 is 1.57 bits per heavy atom. The van der Waals surface area contributed by atoms with Gasteiger partial charge in [-0.1, -0.05) is 103 Å². The van der Waals surface area contributed by atoms with Gasteiger partial charge in [0.2, 0.25) is 0 Å². The van der Waals surface area contributed by atoms with Gasteiger partial charge in [-0.25, -0.2) is 9.97 Å². The third kappa shape index (κ3) is 4.48. The van der Waals surface area contributed by atoms with E-state index in [-0.39, 0.29) is 5.43 Å². The Kier molecular flexibility index (Phi) is 5.97. The molecule has 0 spiro atoms. The van der Waals surface area contributed by atoms with E-state index in [9.17, 15) is 4.79 Å². The highest BCUT2D eigenvalue weighted by Crippen LogP contribution is 2.28. The number of aromatic amines is 1. The van der Waals surface area contributed by atoms with Gasteiger partial charge in [-0.15, -0.1) is 0 Å². The van der Waals surface area contributed by atoms with E-state index in [4.69, 9.17) is 9.97 Å². The van der Waals surface area contributed by atoms with Crippen LogP contribution in [0.5, 0.6) is 0 Å². The van der Waals surface area contributed by atoms with Crippen molar-refractivity contribution in [1.29, 1.82) is 0 Å². The molecule has 176 valence electrons. The van der Waals surface area contributed by atoms with Crippen LogP contribution in [0, 0.1) is 0 Å². The number of hydrogen-bond donors (Lipinski definition) is 1. The highest BCUT2D eigenvalue weighted by molar-refractivity contribution is 5.94. The number of pyridine rings is 1. The number of rotatable bonds is 2. The lowest BCUT2D eigenvalue weighted by Gasteiger charge is -2.09. The quantitative estimate of drug-likeness (QED) is 0.260. The first-order valence-electron chi connectivity index (χ1n) is 12.2. The fourth-order valence-corrected chi connectivity index (χ4v) is 4.48. The van der Waals surface area contributed by atoms with E-state index in [1.165, 1.54) is 0 Å². The van der Waals surface area contributed by atoms with Crippen molar-refractivity contribution in [1.82, 2.24) is 15.0 Å². The van der Waals surface area contributed by atoms with Crippen LogP contribution in [0.25, 0.3) is 55.4 Å². The lowest BCUT2D eigenvalue weighted by molar-refractivity contribution is 1.23. The van der Waals surface area contributed by atoms with E-state index in [0.717, 1.165) is 55.4 Å². The molecule has 2 heterocycles. The number of para-hydroxylation sites is 3. The SMILES string of the molecule is O=c1c2ccccc2[nH]c2ccccc12.c1ccc(-c2nc(-c3ccccc3)c3ccccc3n2)cc1. The molecule has 7 rings (SSSR count). The summed E-state index contributed by atoms with van der Waals surface area (Å²) in [5.41, 5.74) is 5.96. The molecule has 0 amide bonds. The summed E-state index contributed by atoms with van der Waals surface area (Å²) in [6, 6.07) is 43.7. The van der Waals surface area contributed by atoms with Gasteiger partial charge in [-0.2, -0.15) is 0 Å². The Morgan fingerprint density at radius 2 is 0.946 bits per heavy atom. The first-order valence-corrected chi connectivity index (χ1v) is 12.2. The molecule has 0 unspecified atom stereocenters. The predicted molar refractivity (Wildman–Crippen MR) is 152 cm³/mol. The van der Waals surface area contributed by atoms with Crippen molar-refractivity contribution in [3.05, 3.63) is 144 Å². The summed E-state index contributed by atoms with van der Waals surface area (Å²) in [7, 11) is 0. The van der Waals surface area contributed by atoms with Crippen molar-refractivity contribution in [3.8, 4) is 22.6 Å². The first kappa shape index (κ1) is 22.4. The minimum absolute atomic E-state index is 0.0972. The Balaban J connectivity index is 0.000000146. The minimum Gasteiger partial charge on any atom is -0.354 e. The third-order valence-electron chi connectivity index (χ3n) is 6.30. The smallest absolute Gasteiger partial charge is 0.197 e. The largest absolute Gasteiger partial charge is 0.354 e. The zero-order valence-corrected chi connectivity index (χ0v) is 20.0. The van der Waals surface area contributed by atoms with E-state index >= 15 is 0 Å². The molecule has 2 aromatic heterocycles. The average molecular weight is 478 g/mol. The molecule has 0 aliphatic carbocycles. The lowest BCUT2D eigenvalue weighted by Crippen LogP contribution is -2.03. The molecule has 4 heteroatoms. The molecule has 37 heavy (non-hydrogen) atoms. The van der Waals surface area contributed by atoms with Gasteiger partial charge in [0.25, 0.3) is 0 Å². The zero-order valence-electron chi connectivity index (χ0n) is 20.0. The van der Waals surface area contributed by atoms with Crippen LogP contribution in [-0.4, -0.2) is 15.0 Å². The fraction of sp³-hybridized carbons (Fsp3) is 0. The van der Waals surface area contributed by atoms with Crippen LogP contribution in [-0.2, 0) is 0 Å². The molecular formula is C33H23N3O. The summed E-state index contributed by atoms with van der Waals surface area (Å²) in [6.45, 7) is 0. The molecule has 0 fully saturated rings. The van der Waals surface area contributed by atoms with Crippen LogP contribution in [0.1, 0.15) is 0 Å². The summed E-state index contributed by atoms with van der Waals surface area (Å²) in [6.07, 6.45) is 0. The average Bonchev–Trinajstić information content (AvgIpc) is 2.98. The topological polar surface area (TPSA) is 58.6 Å². The van der Waals surface area contributed by atoms with Gasteiger partial charge < -0.3 is 4.98 Å². The Bertz CT molecular complexity index is 1840. The molecule has 0 aliphatic heterocycles. The number of aromatic nitrogens is 3. The lowest BCUT2D eigenvalue weighted by atomic mass is 10.1. The molecular weight excluding hydrogens is 454 g/mol. The number of fused-ring (bicyclic) bond motifs is 3. The van der Waals surface area contributed by atoms with E-state index in [1.807, 2.05) is 115 Å². The van der Waals surface area contributed by atoms with Crippen molar-refractivity contribution in [3.63, 3.8) is 0 Å². The second kappa shape index (κ2) is 9.88. The van der Waals surface area contributed by atoms with Crippen LogP contribution in [0.2, 0.25) is 0 Å².